The molecule has 152 valence electrons. The zero-order valence-corrected chi connectivity index (χ0v) is 16.7. The Labute approximate surface area is 177 Å². The van der Waals surface area contributed by atoms with Crippen molar-refractivity contribution < 1.29 is 19.5 Å². The lowest BCUT2D eigenvalue weighted by Gasteiger charge is -2.49. The third-order valence-corrected chi connectivity index (χ3v) is 6.19. The summed E-state index contributed by atoms with van der Waals surface area (Å²) in [7, 11) is 0. The van der Waals surface area contributed by atoms with Crippen molar-refractivity contribution in [2.45, 2.75) is 17.8 Å². The summed E-state index contributed by atoms with van der Waals surface area (Å²) in [5.41, 5.74) is 2.21. The van der Waals surface area contributed by atoms with Gasteiger partial charge < -0.3 is 10.4 Å². The summed E-state index contributed by atoms with van der Waals surface area (Å²) in [6, 6.07) is 12.2. The first-order valence-corrected chi connectivity index (χ1v) is 10.4. The fourth-order valence-corrected chi connectivity index (χ4v) is 4.77. The zero-order chi connectivity index (χ0) is 21.1. The first-order valence-electron chi connectivity index (χ1n) is 9.37. The van der Waals surface area contributed by atoms with E-state index in [1.807, 2.05) is 36.4 Å². The Kier molecular flexibility index (Phi) is 5.67. The first-order chi connectivity index (χ1) is 14.5. The van der Waals surface area contributed by atoms with Crippen LogP contribution >= 0.6 is 11.8 Å². The second kappa shape index (κ2) is 8.54. The molecule has 30 heavy (non-hydrogen) atoms. The van der Waals surface area contributed by atoms with E-state index in [1.54, 1.807) is 30.6 Å². The van der Waals surface area contributed by atoms with E-state index in [2.05, 4.69) is 10.3 Å². The maximum absolute atomic E-state index is 12.7. The highest BCUT2D eigenvalue weighted by atomic mass is 32.2. The number of aromatic nitrogens is 1. The van der Waals surface area contributed by atoms with Crippen LogP contribution in [0.4, 0.5) is 0 Å². The summed E-state index contributed by atoms with van der Waals surface area (Å²) < 4.78 is 0. The van der Waals surface area contributed by atoms with E-state index >= 15 is 0 Å². The fraction of sp³-hybridized carbons (Fsp3) is 0.182. The van der Waals surface area contributed by atoms with E-state index in [1.165, 1.54) is 16.7 Å². The van der Waals surface area contributed by atoms with Gasteiger partial charge in [-0.3, -0.25) is 19.5 Å². The maximum Gasteiger partial charge on any atom is 0.352 e. The number of benzene rings is 1. The third kappa shape index (κ3) is 3.99. The van der Waals surface area contributed by atoms with Crippen LogP contribution in [0, 0.1) is 0 Å². The Morgan fingerprint density at radius 1 is 1.20 bits per heavy atom. The third-order valence-electron chi connectivity index (χ3n) is 4.89. The van der Waals surface area contributed by atoms with Crippen LogP contribution in [0.15, 0.2) is 72.2 Å². The van der Waals surface area contributed by atoms with Gasteiger partial charge in [0.1, 0.15) is 17.1 Å². The smallest absolute Gasteiger partial charge is 0.352 e. The van der Waals surface area contributed by atoms with Crippen LogP contribution in [0.1, 0.15) is 11.1 Å². The monoisotopic (exact) mass is 421 g/mol. The maximum atomic E-state index is 12.7. The Morgan fingerprint density at radius 2 is 2.00 bits per heavy atom. The molecule has 0 aliphatic carbocycles. The van der Waals surface area contributed by atoms with Gasteiger partial charge >= 0.3 is 5.97 Å². The minimum Gasteiger partial charge on any atom is -0.477 e. The van der Waals surface area contributed by atoms with Crippen molar-refractivity contribution in [3.63, 3.8) is 0 Å². The molecule has 2 aliphatic heterocycles. The molecule has 0 saturated carbocycles. The van der Waals surface area contributed by atoms with Crippen LogP contribution in [0.3, 0.4) is 0 Å². The summed E-state index contributed by atoms with van der Waals surface area (Å²) in [4.78, 5) is 42.2. The molecule has 7 nitrogen and oxygen atoms in total. The Balaban J connectivity index is 1.48. The largest absolute Gasteiger partial charge is 0.477 e. The van der Waals surface area contributed by atoms with E-state index < -0.39 is 23.3 Å². The highest BCUT2D eigenvalue weighted by Gasteiger charge is 2.53. The number of amides is 2. The van der Waals surface area contributed by atoms with Crippen LogP contribution in [-0.2, 0) is 20.8 Å². The number of thioether (sulfide) groups is 1. The lowest BCUT2D eigenvalue weighted by molar-refractivity contribution is -0.150. The molecule has 1 saturated heterocycles. The highest BCUT2D eigenvalue weighted by molar-refractivity contribution is 8.00. The van der Waals surface area contributed by atoms with Crippen molar-refractivity contribution >= 4 is 35.6 Å². The molecule has 0 radical (unpaired) electrons. The molecule has 8 heteroatoms. The molecule has 1 aromatic heterocycles. The molecule has 2 aliphatic rings. The predicted octanol–water partition coefficient (Wildman–Crippen LogP) is 2.08. The summed E-state index contributed by atoms with van der Waals surface area (Å²) >= 11 is 1.44. The number of β-lactam (4-membered cyclic amide) rings is 1. The average molecular weight is 421 g/mol. The molecular weight excluding hydrogens is 402 g/mol. The van der Waals surface area contributed by atoms with Gasteiger partial charge in [0, 0.05) is 18.1 Å². The van der Waals surface area contributed by atoms with Crippen molar-refractivity contribution in [1.82, 2.24) is 15.2 Å². The van der Waals surface area contributed by atoms with E-state index in [-0.39, 0.29) is 18.0 Å². The molecule has 1 unspecified atom stereocenters. The number of carboxylic acids is 1. The molecule has 2 N–H and O–H groups in total. The van der Waals surface area contributed by atoms with Gasteiger partial charge in [-0.05, 0) is 22.8 Å². The normalized spacial score (nSPS) is 20.7. The van der Waals surface area contributed by atoms with E-state index in [4.69, 9.17) is 0 Å². The summed E-state index contributed by atoms with van der Waals surface area (Å²) in [5, 5.41) is 12.0. The van der Waals surface area contributed by atoms with Crippen LogP contribution in [-0.4, -0.2) is 49.9 Å². The quantitative estimate of drug-likeness (QED) is 0.693. The topological polar surface area (TPSA) is 99.6 Å². The van der Waals surface area contributed by atoms with Crippen molar-refractivity contribution in [2.24, 2.45) is 0 Å². The second-order valence-electron chi connectivity index (χ2n) is 6.92. The second-order valence-corrected chi connectivity index (χ2v) is 8.02. The molecule has 1 fully saturated rings. The highest BCUT2D eigenvalue weighted by Crippen LogP contribution is 2.40. The number of rotatable bonds is 6. The van der Waals surface area contributed by atoms with Gasteiger partial charge in [0.2, 0.25) is 5.91 Å². The molecule has 0 spiro atoms. The molecule has 4 rings (SSSR count). The molecule has 2 amide bonds. The Hall–Kier alpha value is -3.39. The first kappa shape index (κ1) is 19.9. The van der Waals surface area contributed by atoms with Crippen LogP contribution < -0.4 is 5.32 Å². The number of nitrogens with one attached hydrogen (secondary N) is 1. The number of carboxylic acid groups (broad SMARTS) is 1. The van der Waals surface area contributed by atoms with E-state index in [9.17, 15) is 19.5 Å². The molecule has 1 aromatic carbocycles. The average Bonchev–Trinajstić information content (AvgIpc) is 2.76. The van der Waals surface area contributed by atoms with Crippen LogP contribution in [0.25, 0.3) is 6.08 Å². The molecular formula is C22H19N3O4S. The van der Waals surface area contributed by atoms with Gasteiger partial charge in [-0.2, -0.15) is 0 Å². The standard InChI is InChI=1S/C22H19N3O4S/c26-17(11-14-5-2-1-3-6-14)24-18-20(27)25-19(22(28)29)16(13-30-21(18)25)9-8-15-7-4-10-23-12-15/h1-10,12,18,21H,11,13H2,(H,24,26)(H,28,29)/t18?,21-/m1/s1. The lowest BCUT2D eigenvalue weighted by atomic mass is 10.0. The SMILES string of the molecule is O=C(Cc1ccccc1)NC1C(=O)N2C(C(=O)O)=C(C=Cc3cccnc3)CS[C@H]12. The van der Waals surface area contributed by atoms with E-state index in [0.717, 1.165) is 11.1 Å². The number of carbonyl (C=O) groups excluding carboxylic acids is 2. The minimum atomic E-state index is -1.16. The van der Waals surface area contributed by atoms with Gasteiger partial charge in [-0.1, -0.05) is 48.6 Å². The van der Waals surface area contributed by atoms with Crippen LogP contribution in [0.2, 0.25) is 0 Å². The molecule has 2 atom stereocenters. The minimum absolute atomic E-state index is 0.0301. The summed E-state index contributed by atoms with van der Waals surface area (Å²) in [6.45, 7) is 0. The van der Waals surface area contributed by atoms with Crippen LogP contribution in [0.5, 0.6) is 0 Å². The predicted molar refractivity (Wildman–Crippen MR) is 113 cm³/mol. The number of hydrogen-bond donors (Lipinski definition) is 2. The Morgan fingerprint density at radius 3 is 2.70 bits per heavy atom. The number of nitrogens with zero attached hydrogens (tertiary/aromatic N) is 2. The number of carbonyl (C=O) groups is 3. The van der Waals surface area contributed by atoms with Crippen molar-refractivity contribution in [3.05, 3.63) is 83.3 Å². The van der Waals surface area contributed by atoms with E-state index in [0.29, 0.717) is 11.3 Å². The van der Waals surface area contributed by atoms with Gasteiger partial charge in [0.25, 0.3) is 5.91 Å². The summed E-state index contributed by atoms with van der Waals surface area (Å²) in [6.07, 6.45) is 6.98. The van der Waals surface area contributed by atoms with Gasteiger partial charge in [0.15, 0.2) is 0 Å². The number of allylic oxidation sites excluding steroid dienone is 1. The molecule has 3 heterocycles. The number of hydrogen-bond acceptors (Lipinski definition) is 5. The van der Waals surface area contributed by atoms with Crippen molar-refractivity contribution in [1.29, 1.82) is 0 Å². The van der Waals surface area contributed by atoms with Gasteiger partial charge in [-0.15, -0.1) is 11.8 Å². The number of aliphatic carboxylic acids is 1. The van der Waals surface area contributed by atoms with Gasteiger partial charge in [0.05, 0.1) is 6.42 Å². The van der Waals surface area contributed by atoms with Gasteiger partial charge in [-0.25, -0.2) is 4.79 Å². The Bertz CT molecular complexity index is 1040. The zero-order valence-electron chi connectivity index (χ0n) is 15.9. The van der Waals surface area contributed by atoms with Crippen molar-refractivity contribution in [3.8, 4) is 0 Å². The molecule has 2 aromatic rings. The number of fused-ring (bicyclic) bond motifs is 1. The number of pyridine rings is 1. The van der Waals surface area contributed by atoms with Crippen molar-refractivity contribution in [2.75, 3.05) is 5.75 Å². The summed E-state index contributed by atoms with van der Waals surface area (Å²) in [5.74, 6) is -1.40. The molecule has 0 bridgehead atoms. The lowest BCUT2D eigenvalue weighted by Crippen LogP contribution is -2.70. The fourth-order valence-electron chi connectivity index (χ4n) is 3.45.